The molecule has 0 radical (unpaired) electrons. The zero-order chi connectivity index (χ0) is 22.2. The van der Waals surface area contributed by atoms with Crippen LogP contribution in [-0.4, -0.2) is 30.1 Å². The van der Waals surface area contributed by atoms with Gasteiger partial charge in [-0.05, 0) is 44.5 Å². The summed E-state index contributed by atoms with van der Waals surface area (Å²) in [7, 11) is 1.41. The van der Waals surface area contributed by atoms with Gasteiger partial charge in [0.25, 0.3) is 0 Å². The number of methoxy groups -OCH3 is 1. The first-order chi connectivity index (χ1) is 14.9. The van der Waals surface area contributed by atoms with Crippen LogP contribution in [0.1, 0.15) is 31.9 Å². The molecule has 0 saturated carbocycles. The number of thioether (sulfide) groups is 2. The minimum Gasteiger partial charge on any atom is -0.494 e. The second-order valence-corrected chi connectivity index (χ2v) is 10.3. The van der Waals surface area contributed by atoms with Crippen molar-refractivity contribution in [3.8, 4) is 5.75 Å². The predicted octanol–water partition coefficient (Wildman–Crippen LogP) is 6.35. The van der Waals surface area contributed by atoms with E-state index in [9.17, 15) is 4.79 Å². The lowest BCUT2D eigenvalue weighted by Gasteiger charge is -2.37. The Morgan fingerprint density at radius 3 is 2.55 bits per heavy atom. The quantitative estimate of drug-likeness (QED) is 0.318. The highest BCUT2D eigenvalue weighted by Crippen LogP contribution is 2.58. The van der Waals surface area contributed by atoms with Gasteiger partial charge in [0.05, 0.1) is 23.5 Å². The summed E-state index contributed by atoms with van der Waals surface area (Å²) in [5, 5.41) is 3.54. The van der Waals surface area contributed by atoms with E-state index in [1.54, 1.807) is 11.8 Å². The lowest BCUT2D eigenvalue weighted by molar-refractivity contribution is -0.135. The number of anilines is 1. The zero-order valence-corrected chi connectivity index (χ0v) is 20.2. The molecule has 0 saturated heterocycles. The number of benzene rings is 2. The second kappa shape index (κ2) is 8.73. The Labute approximate surface area is 196 Å². The van der Waals surface area contributed by atoms with Crippen LogP contribution in [0.4, 0.5) is 5.69 Å². The first-order valence-electron chi connectivity index (χ1n) is 9.94. The Kier molecular flexibility index (Phi) is 6.19. The van der Waals surface area contributed by atoms with Crippen LogP contribution in [0.15, 0.2) is 57.7 Å². The number of rotatable bonds is 4. The number of carbonyl (C=O) groups excluding carboxylic acids is 1. The summed E-state index contributed by atoms with van der Waals surface area (Å²) >= 11 is 8.96. The molecule has 4 nitrogen and oxygen atoms in total. The Morgan fingerprint density at radius 1 is 1.13 bits per heavy atom. The molecule has 2 heterocycles. The molecule has 4 rings (SSSR count). The molecule has 31 heavy (non-hydrogen) atoms. The van der Waals surface area contributed by atoms with Crippen molar-refractivity contribution in [2.75, 3.05) is 19.0 Å². The fraction of sp³-hybridized carbons (Fsp3) is 0.250. The number of nitrogens with one attached hydrogen (secondary N) is 1. The lowest BCUT2D eigenvalue weighted by atomic mass is 9.85. The average molecular weight is 470 g/mol. The monoisotopic (exact) mass is 469 g/mol. The Hall–Kier alpha value is -2.22. The van der Waals surface area contributed by atoms with Gasteiger partial charge < -0.3 is 14.8 Å². The molecule has 0 bridgehead atoms. The molecule has 2 aromatic carbocycles. The van der Waals surface area contributed by atoms with Gasteiger partial charge in [-0.1, -0.05) is 66.1 Å². The molecule has 2 aliphatic heterocycles. The minimum atomic E-state index is -0.403. The molecule has 0 amide bonds. The highest BCUT2D eigenvalue weighted by atomic mass is 32.2. The van der Waals surface area contributed by atoms with Crippen LogP contribution >= 0.6 is 35.7 Å². The fourth-order valence-electron chi connectivity index (χ4n) is 3.53. The van der Waals surface area contributed by atoms with Gasteiger partial charge in [-0.15, -0.1) is 0 Å². The van der Waals surface area contributed by atoms with Gasteiger partial charge in [-0.3, -0.25) is 0 Å². The predicted molar refractivity (Wildman–Crippen MR) is 135 cm³/mol. The highest BCUT2D eigenvalue weighted by Gasteiger charge is 2.38. The topological polar surface area (TPSA) is 47.6 Å². The van der Waals surface area contributed by atoms with Gasteiger partial charge in [-0.2, -0.15) is 0 Å². The molecule has 0 aromatic heterocycles. The van der Waals surface area contributed by atoms with Gasteiger partial charge in [0, 0.05) is 26.6 Å². The van der Waals surface area contributed by atoms with Crippen LogP contribution in [0.2, 0.25) is 0 Å². The molecule has 1 N–H and O–H groups in total. The molecule has 7 heteroatoms. The van der Waals surface area contributed by atoms with Gasteiger partial charge in [0.15, 0.2) is 0 Å². The number of fused-ring (bicyclic) bond motifs is 1. The summed E-state index contributed by atoms with van der Waals surface area (Å²) in [4.78, 5) is 14.9. The van der Waals surface area contributed by atoms with Crippen LogP contribution in [0.3, 0.4) is 0 Å². The molecular formula is C24H23NO3S3. The van der Waals surface area contributed by atoms with Crippen molar-refractivity contribution in [3.05, 3.63) is 68.8 Å². The molecule has 160 valence electrons. The summed E-state index contributed by atoms with van der Waals surface area (Å²) in [5.41, 5.74) is 3.54. The summed E-state index contributed by atoms with van der Waals surface area (Å²) in [6.45, 7) is 6.70. The smallest absolute Gasteiger partial charge is 0.345 e. The first-order valence-corrected chi connectivity index (χ1v) is 12.0. The van der Waals surface area contributed by atoms with Crippen LogP contribution in [-0.2, 0) is 9.53 Å². The van der Waals surface area contributed by atoms with Crippen LogP contribution in [0.25, 0.3) is 10.5 Å². The van der Waals surface area contributed by atoms with Crippen molar-refractivity contribution in [2.45, 2.75) is 26.3 Å². The van der Waals surface area contributed by atoms with E-state index in [2.05, 4.69) is 19.2 Å². The third-order valence-corrected chi connectivity index (χ3v) is 8.36. The molecule has 2 aromatic rings. The van der Waals surface area contributed by atoms with Crippen LogP contribution in [0, 0.1) is 0 Å². The highest BCUT2D eigenvalue weighted by molar-refractivity contribution is 8.32. The maximum absolute atomic E-state index is 12.6. The van der Waals surface area contributed by atoms with Gasteiger partial charge in [0.2, 0.25) is 0 Å². The minimum absolute atomic E-state index is 0.339. The van der Waals surface area contributed by atoms with E-state index in [0.717, 1.165) is 42.1 Å². The number of carbonyl (C=O) groups is 1. The SMILES string of the molecule is CCOc1ccc2c(c1)C(=C1SC(C(=O)OC)=C(c3ccccc3)S1)C(=S)C(C)(C)N2. The molecule has 0 unspecified atom stereocenters. The third-order valence-electron chi connectivity index (χ3n) is 5.02. The number of esters is 1. The van der Waals surface area contributed by atoms with E-state index in [0.29, 0.717) is 11.5 Å². The van der Waals surface area contributed by atoms with Crippen molar-refractivity contribution >= 4 is 62.7 Å². The zero-order valence-electron chi connectivity index (χ0n) is 17.8. The van der Waals surface area contributed by atoms with E-state index in [-0.39, 0.29) is 5.97 Å². The summed E-state index contributed by atoms with van der Waals surface area (Å²) in [6.07, 6.45) is 0. The number of hydrogen-bond acceptors (Lipinski definition) is 7. The molecule has 0 aliphatic carbocycles. The summed E-state index contributed by atoms with van der Waals surface area (Å²) in [6, 6.07) is 15.9. The second-order valence-electron chi connectivity index (χ2n) is 7.60. The van der Waals surface area contributed by atoms with Gasteiger partial charge in [0.1, 0.15) is 10.7 Å². The van der Waals surface area contributed by atoms with Crippen molar-refractivity contribution in [1.29, 1.82) is 0 Å². The van der Waals surface area contributed by atoms with Crippen molar-refractivity contribution in [3.63, 3.8) is 0 Å². The van der Waals surface area contributed by atoms with E-state index in [1.807, 2.05) is 55.5 Å². The molecule has 0 atom stereocenters. The summed E-state index contributed by atoms with van der Waals surface area (Å²) < 4.78 is 11.8. The lowest BCUT2D eigenvalue weighted by Crippen LogP contribution is -2.43. The molecule has 0 spiro atoms. The van der Waals surface area contributed by atoms with E-state index >= 15 is 0 Å². The fourth-order valence-corrected chi connectivity index (χ4v) is 6.65. The molecular weight excluding hydrogens is 446 g/mol. The van der Waals surface area contributed by atoms with Crippen molar-refractivity contribution in [2.24, 2.45) is 0 Å². The molecule has 0 fully saturated rings. The summed E-state index contributed by atoms with van der Waals surface area (Å²) in [5.74, 6) is 0.454. The van der Waals surface area contributed by atoms with Gasteiger partial charge in [-0.25, -0.2) is 4.79 Å². The maximum Gasteiger partial charge on any atom is 0.345 e. The largest absolute Gasteiger partial charge is 0.494 e. The van der Waals surface area contributed by atoms with Crippen LogP contribution in [0.5, 0.6) is 5.75 Å². The van der Waals surface area contributed by atoms with E-state index < -0.39 is 5.54 Å². The standard InChI is InChI=1S/C24H23NO3S3/c1-5-28-15-11-12-17-16(13-15)18(21(29)24(2,3)25-17)23-30-19(14-9-7-6-8-10-14)20(31-23)22(26)27-4/h6-13,25H,5H2,1-4H3. The normalized spacial score (nSPS) is 19.7. The third kappa shape index (κ3) is 4.14. The Bertz CT molecular complexity index is 1120. The first kappa shape index (κ1) is 22.0. The van der Waals surface area contributed by atoms with E-state index in [4.69, 9.17) is 21.7 Å². The van der Waals surface area contributed by atoms with Crippen molar-refractivity contribution in [1.82, 2.24) is 0 Å². The number of ether oxygens (including phenoxy) is 2. The molecule has 2 aliphatic rings. The Balaban J connectivity index is 1.88. The van der Waals surface area contributed by atoms with Gasteiger partial charge >= 0.3 is 5.97 Å². The van der Waals surface area contributed by atoms with E-state index in [1.165, 1.54) is 18.9 Å². The van der Waals surface area contributed by atoms with Crippen LogP contribution < -0.4 is 10.1 Å². The maximum atomic E-state index is 12.6. The number of hydrogen-bond donors (Lipinski definition) is 1. The van der Waals surface area contributed by atoms with Crippen molar-refractivity contribution < 1.29 is 14.3 Å². The number of thiocarbonyl (C=S) groups is 1. The average Bonchev–Trinajstić information content (AvgIpc) is 3.20. The Morgan fingerprint density at radius 2 is 1.87 bits per heavy atom.